The molecule has 1 heterocycles. The number of likely N-dealkylation sites (tertiary alicyclic amines) is 1. The minimum absolute atomic E-state index is 0.00381. The Hall–Kier alpha value is -1.74. The molecular formula is C17H19Cl2N3O2. The van der Waals surface area contributed by atoms with Crippen LogP contribution in [0.5, 0.6) is 0 Å². The van der Waals surface area contributed by atoms with Gasteiger partial charge in [0.15, 0.2) is 0 Å². The summed E-state index contributed by atoms with van der Waals surface area (Å²) in [7, 11) is 0. The van der Waals surface area contributed by atoms with E-state index in [1.807, 2.05) is 11.0 Å². The SMILES string of the molecule is N#C/C(=C/N1CCCCC1CCO)C(=O)Nc1cc(Cl)ccc1Cl. The molecule has 1 atom stereocenters. The molecule has 1 saturated heterocycles. The van der Waals surface area contributed by atoms with E-state index in [-0.39, 0.29) is 18.2 Å². The summed E-state index contributed by atoms with van der Waals surface area (Å²) in [5.41, 5.74) is 0.358. The van der Waals surface area contributed by atoms with Crippen molar-refractivity contribution < 1.29 is 9.90 Å². The number of hydrogen-bond donors (Lipinski definition) is 2. The minimum Gasteiger partial charge on any atom is -0.396 e. The van der Waals surface area contributed by atoms with E-state index in [4.69, 9.17) is 28.3 Å². The largest absolute Gasteiger partial charge is 0.396 e. The maximum absolute atomic E-state index is 12.4. The van der Waals surface area contributed by atoms with Crippen LogP contribution in [-0.2, 0) is 4.79 Å². The molecule has 0 radical (unpaired) electrons. The molecule has 0 spiro atoms. The molecule has 1 aromatic rings. The standard InChI is InChI=1S/C17H19Cl2N3O2/c18-13-4-5-15(19)16(9-13)21-17(24)12(10-20)11-22-7-2-1-3-14(22)6-8-23/h4-5,9,11,14,23H,1-3,6-8H2,(H,21,24)/b12-11-. The quantitative estimate of drug-likeness (QED) is 0.615. The van der Waals surface area contributed by atoms with Gasteiger partial charge in [-0.1, -0.05) is 23.2 Å². The highest BCUT2D eigenvalue weighted by molar-refractivity contribution is 6.35. The number of aliphatic hydroxyl groups is 1. The smallest absolute Gasteiger partial charge is 0.267 e. The van der Waals surface area contributed by atoms with Gasteiger partial charge in [-0.2, -0.15) is 5.26 Å². The molecule has 5 nitrogen and oxygen atoms in total. The maximum Gasteiger partial charge on any atom is 0.267 e. The van der Waals surface area contributed by atoms with Crippen LogP contribution in [0.15, 0.2) is 30.0 Å². The third kappa shape index (κ3) is 4.88. The number of rotatable bonds is 5. The fraction of sp³-hybridized carbons (Fsp3) is 0.412. The van der Waals surface area contributed by atoms with Crippen LogP contribution in [0.4, 0.5) is 5.69 Å². The van der Waals surface area contributed by atoms with E-state index in [0.717, 1.165) is 25.8 Å². The molecule has 7 heteroatoms. The molecule has 1 amide bonds. The second-order valence-electron chi connectivity index (χ2n) is 5.63. The number of halogens is 2. The Bertz CT molecular complexity index is 668. The molecule has 0 bridgehead atoms. The second-order valence-corrected chi connectivity index (χ2v) is 6.48. The molecule has 1 aliphatic rings. The summed E-state index contributed by atoms with van der Waals surface area (Å²) in [4.78, 5) is 14.3. The predicted molar refractivity (Wildman–Crippen MR) is 94.8 cm³/mol. The van der Waals surface area contributed by atoms with Crippen molar-refractivity contribution in [1.82, 2.24) is 4.90 Å². The first kappa shape index (κ1) is 18.6. The first-order chi connectivity index (χ1) is 11.5. The van der Waals surface area contributed by atoms with E-state index in [2.05, 4.69) is 5.32 Å². The normalized spacial score (nSPS) is 18.2. The van der Waals surface area contributed by atoms with Gasteiger partial charge in [-0.25, -0.2) is 0 Å². The van der Waals surface area contributed by atoms with Gasteiger partial charge in [-0.05, 0) is 43.9 Å². The maximum atomic E-state index is 12.4. The fourth-order valence-corrected chi connectivity index (χ4v) is 3.08. The second kappa shape index (κ2) is 8.93. The Balaban J connectivity index is 2.15. The molecule has 0 aromatic heterocycles. The number of piperidine rings is 1. The molecule has 2 N–H and O–H groups in total. The van der Waals surface area contributed by atoms with Crippen molar-refractivity contribution in [3.63, 3.8) is 0 Å². The van der Waals surface area contributed by atoms with Crippen molar-refractivity contribution in [2.45, 2.75) is 31.7 Å². The third-order valence-corrected chi connectivity index (χ3v) is 4.54. The van der Waals surface area contributed by atoms with Gasteiger partial charge in [-0.15, -0.1) is 0 Å². The van der Waals surface area contributed by atoms with Crippen molar-refractivity contribution in [3.8, 4) is 6.07 Å². The zero-order valence-corrected chi connectivity index (χ0v) is 14.6. The highest BCUT2D eigenvalue weighted by Crippen LogP contribution is 2.26. The third-order valence-electron chi connectivity index (χ3n) is 3.97. The number of carbonyl (C=O) groups excluding carboxylic acids is 1. The van der Waals surface area contributed by atoms with Gasteiger partial charge in [0, 0.05) is 30.4 Å². The van der Waals surface area contributed by atoms with E-state index in [9.17, 15) is 10.1 Å². The highest BCUT2D eigenvalue weighted by Gasteiger charge is 2.21. The van der Waals surface area contributed by atoms with Crippen molar-refractivity contribution in [2.24, 2.45) is 0 Å². The molecule has 1 fully saturated rings. The number of hydrogen-bond acceptors (Lipinski definition) is 4. The summed E-state index contributed by atoms with van der Waals surface area (Å²) in [6.45, 7) is 0.849. The monoisotopic (exact) mass is 367 g/mol. The molecule has 1 aromatic carbocycles. The molecule has 1 unspecified atom stereocenters. The van der Waals surface area contributed by atoms with Crippen LogP contribution < -0.4 is 5.32 Å². The fourth-order valence-electron chi connectivity index (χ4n) is 2.74. The molecular weight excluding hydrogens is 349 g/mol. The topological polar surface area (TPSA) is 76.4 Å². The van der Waals surface area contributed by atoms with E-state index in [1.165, 1.54) is 6.07 Å². The Kier molecular flexibility index (Phi) is 6.92. The predicted octanol–water partition coefficient (Wildman–Crippen LogP) is 3.58. The number of amides is 1. The Morgan fingerprint density at radius 3 is 2.96 bits per heavy atom. The van der Waals surface area contributed by atoms with E-state index < -0.39 is 5.91 Å². The summed E-state index contributed by atoms with van der Waals surface area (Å²) in [5.74, 6) is -0.532. The first-order valence-electron chi connectivity index (χ1n) is 7.80. The molecule has 24 heavy (non-hydrogen) atoms. The van der Waals surface area contributed by atoms with Gasteiger partial charge in [0.05, 0.1) is 10.7 Å². The molecule has 1 aliphatic heterocycles. The van der Waals surface area contributed by atoms with Crippen molar-refractivity contribution >= 4 is 34.8 Å². The van der Waals surface area contributed by atoms with E-state index in [1.54, 1.807) is 18.3 Å². The van der Waals surface area contributed by atoms with Crippen molar-refractivity contribution in [3.05, 3.63) is 40.0 Å². The van der Waals surface area contributed by atoms with Crippen LogP contribution in [0, 0.1) is 11.3 Å². The lowest BCUT2D eigenvalue weighted by molar-refractivity contribution is -0.112. The average Bonchev–Trinajstić information content (AvgIpc) is 2.57. The molecule has 128 valence electrons. The van der Waals surface area contributed by atoms with Crippen LogP contribution in [0.1, 0.15) is 25.7 Å². The van der Waals surface area contributed by atoms with Gasteiger partial charge >= 0.3 is 0 Å². The van der Waals surface area contributed by atoms with Gasteiger partial charge in [-0.3, -0.25) is 4.79 Å². The Morgan fingerprint density at radius 1 is 1.46 bits per heavy atom. The summed E-state index contributed by atoms with van der Waals surface area (Å²) >= 11 is 11.9. The van der Waals surface area contributed by atoms with E-state index in [0.29, 0.717) is 22.2 Å². The first-order valence-corrected chi connectivity index (χ1v) is 8.55. The van der Waals surface area contributed by atoms with Crippen molar-refractivity contribution in [1.29, 1.82) is 5.26 Å². The lowest BCUT2D eigenvalue weighted by Crippen LogP contribution is -2.37. The van der Waals surface area contributed by atoms with Crippen LogP contribution in [0.3, 0.4) is 0 Å². The highest BCUT2D eigenvalue weighted by atomic mass is 35.5. The van der Waals surface area contributed by atoms with Crippen LogP contribution >= 0.6 is 23.2 Å². The lowest BCUT2D eigenvalue weighted by Gasteiger charge is -2.34. The minimum atomic E-state index is -0.532. The summed E-state index contributed by atoms with van der Waals surface area (Å²) in [6.07, 6.45) is 5.22. The zero-order chi connectivity index (χ0) is 17.5. The number of aliphatic hydroxyl groups excluding tert-OH is 1. The lowest BCUT2D eigenvalue weighted by atomic mass is 10.00. The number of benzene rings is 1. The number of nitrogens with zero attached hydrogens (tertiary/aromatic N) is 2. The number of anilines is 1. The summed E-state index contributed by atoms with van der Waals surface area (Å²) < 4.78 is 0. The zero-order valence-electron chi connectivity index (χ0n) is 13.1. The van der Waals surface area contributed by atoms with Gasteiger partial charge in [0.2, 0.25) is 0 Å². The summed E-state index contributed by atoms with van der Waals surface area (Å²) in [5, 5.41) is 21.9. The van der Waals surface area contributed by atoms with Gasteiger partial charge in [0.25, 0.3) is 5.91 Å². The van der Waals surface area contributed by atoms with Gasteiger partial charge in [0.1, 0.15) is 11.6 Å². The van der Waals surface area contributed by atoms with Crippen LogP contribution in [0.25, 0.3) is 0 Å². The van der Waals surface area contributed by atoms with Crippen LogP contribution in [0.2, 0.25) is 10.0 Å². The Labute approximate surface area is 151 Å². The van der Waals surface area contributed by atoms with Crippen molar-refractivity contribution in [2.75, 3.05) is 18.5 Å². The summed E-state index contributed by atoms with van der Waals surface area (Å²) in [6, 6.07) is 6.82. The van der Waals surface area contributed by atoms with Gasteiger partial charge < -0.3 is 15.3 Å². The molecule has 2 rings (SSSR count). The Morgan fingerprint density at radius 2 is 2.25 bits per heavy atom. The average molecular weight is 368 g/mol. The van der Waals surface area contributed by atoms with E-state index >= 15 is 0 Å². The number of carbonyl (C=O) groups is 1. The number of nitrogens with one attached hydrogen (secondary N) is 1. The molecule has 0 aliphatic carbocycles. The van der Waals surface area contributed by atoms with Crippen LogP contribution in [-0.4, -0.2) is 35.1 Å². The molecule has 0 saturated carbocycles. The number of nitriles is 1.